The van der Waals surface area contributed by atoms with Crippen molar-refractivity contribution in [2.45, 2.75) is 45.1 Å². The van der Waals surface area contributed by atoms with Crippen LogP contribution in [0.15, 0.2) is 47.5 Å². The minimum atomic E-state index is 0.475. The second-order valence-electron chi connectivity index (χ2n) is 7.09. The van der Waals surface area contributed by atoms with E-state index in [-0.39, 0.29) is 0 Å². The molecule has 0 unspecified atom stereocenters. The maximum absolute atomic E-state index is 4.90. The quantitative estimate of drug-likeness (QED) is 0.599. The molecule has 1 aliphatic carbocycles. The highest BCUT2D eigenvalue weighted by Gasteiger charge is 2.15. The lowest BCUT2D eigenvalue weighted by atomic mass is 9.96. The van der Waals surface area contributed by atoms with Crippen molar-refractivity contribution in [3.05, 3.63) is 53.9 Å². The molecule has 1 aliphatic rings. The molecule has 4 rings (SSSR count). The van der Waals surface area contributed by atoms with E-state index in [2.05, 4.69) is 61.0 Å². The molecule has 1 heterocycles. The van der Waals surface area contributed by atoms with Crippen molar-refractivity contribution in [1.29, 1.82) is 0 Å². The average molecular weight is 331 g/mol. The number of rotatable bonds is 3. The van der Waals surface area contributed by atoms with Crippen molar-refractivity contribution in [3.63, 3.8) is 0 Å². The van der Waals surface area contributed by atoms with Crippen molar-refractivity contribution < 1.29 is 0 Å². The summed E-state index contributed by atoms with van der Waals surface area (Å²) in [5.41, 5.74) is 5.94. The summed E-state index contributed by atoms with van der Waals surface area (Å²) in [6, 6.07) is 15.4. The van der Waals surface area contributed by atoms with Crippen LogP contribution in [0.1, 0.15) is 43.5 Å². The Balaban J connectivity index is 1.78. The minimum Gasteiger partial charge on any atom is -0.326 e. The monoisotopic (exact) mass is 331 g/mol. The smallest absolute Gasteiger partial charge is 0.151 e. The molecule has 128 valence electrons. The Kier molecular flexibility index (Phi) is 4.39. The van der Waals surface area contributed by atoms with Crippen LogP contribution in [0.2, 0.25) is 0 Å². The predicted octanol–water partition coefficient (Wildman–Crippen LogP) is 5.30. The van der Waals surface area contributed by atoms with Crippen LogP contribution in [0.3, 0.4) is 0 Å². The summed E-state index contributed by atoms with van der Waals surface area (Å²) < 4.78 is 2.19. The fraction of sp³-hybridized carbons (Fsp3) is 0.364. The Morgan fingerprint density at radius 1 is 1.04 bits per heavy atom. The van der Waals surface area contributed by atoms with Crippen LogP contribution in [0, 0.1) is 6.92 Å². The normalized spacial score (nSPS) is 16.1. The number of imidazole rings is 1. The third kappa shape index (κ3) is 3.11. The first-order chi connectivity index (χ1) is 12.2. The van der Waals surface area contributed by atoms with E-state index in [1.807, 2.05) is 6.21 Å². The standard InChI is InChI=1S/C22H25N3/c1-16-13-14-19(17-9-5-3-6-10-17)22-21(16)24-20(25(22)2)15-23-18-11-7-4-8-12-18/h3,5-6,9-10,13-15,18H,4,7-8,11-12H2,1-2H3. The molecule has 3 nitrogen and oxygen atoms in total. The van der Waals surface area contributed by atoms with Gasteiger partial charge in [0.1, 0.15) is 0 Å². The first-order valence-corrected chi connectivity index (χ1v) is 9.28. The summed E-state index contributed by atoms with van der Waals surface area (Å²) in [5.74, 6) is 0.951. The van der Waals surface area contributed by atoms with E-state index in [0.29, 0.717) is 6.04 Å². The van der Waals surface area contributed by atoms with Crippen LogP contribution in [0.25, 0.3) is 22.2 Å². The van der Waals surface area contributed by atoms with Crippen molar-refractivity contribution in [2.24, 2.45) is 12.0 Å². The SMILES string of the molecule is Cc1ccc(-c2ccccc2)c2c1nc(C=NC1CCCCC1)n2C. The van der Waals surface area contributed by atoms with Crippen molar-refractivity contribution in [3.8, 4) is 11.1 Å². The molecule has 0 radical (unpaired) electrons. The number of hydrogen-bond acceptors (Lipinski definition) is 2. The van der Waals surface area contributed by atoms with E-state index in [1.165, 1.54) is 54.3 Å². The highest BCUT2D eigenvalue weighted by atomic mass is 15.1. The molecule has 1 aromatic heterocycles. The van der Waals surface area contributed by atoms with Gasteiger partial charge in [0.05, 0.1) is 23.3 Å². The Bertz CT molecular complexity index is 900. The molecule has 0 atom stereocenters. The van der Waals surface area contributed by atoms with Gasteiger partial charge in [-0.15, -0.1) is 0 Å². The van der Waals surface area contributed by atoms with Crippen molar-refractivity contribution in [1.82, 2.24) is 9.55 Å². The summed E-state index contributed by atoms with van der Waals surface area (Å²) in [7, 11) is 2.10. The fourth-order valence-corrected chi connectivity index (χ4v) is 3.83. The van der Waals surface area contributed by atoms with Gasteiger partial charge in [0.2, 0.25) is 0 Å². The highest BCUT2D eigenvalue weighted by Crippen LogP contribution is 2.30. The minimum absolute atomic E-state index is 0.475. The maximum Gasteiger partial charge on any atom is 0.151 e. The van der Waals surface area contributed by atoms with Gasteiger partial charge in [-0.25, -0.2) is 4.98 Å². The molecule has 0 N–H and O–H groups in total. The molecular weight excluding hydrogens is 306 g/mol. The van der Waals surface area contributed by atoms with E-state index < -0.39 is 0 Å². The summed E-state index contributed by atoms with van der Waals surface area (Å²) in [5, 5.41) is 0. The zero-order chi connectivity index (χ0) is 17.2. The van der Waals surface area contributed by atoms with E-state index in [1.54, 1.807) is 0 Å². The molecule has 0 bridgehead atoms. The lowest BCUT2D eigenvalue weighted by Gasteiger charge is -2.16. The number of aliphatic imine (C=N–C) groups is 1. The first-order valence-electron chi connectivity index (χ1n) is 9.28. The van der Waals surface area contributed by atoms with Crippen molar-refractivity contribution in [2.75, 3.05) is 0 Å². The summed E-state index contributed by atoms with van der Waals surface area (Å²) in [6.45, 7) is 2.13. The Hall–Kier alpha value is -2.42. The number of hydrogen-bond donors (Lipinski definition) is 0. The van der Waals surface area contributed by atoms with Crippen LogP contribution in [0.5, 0.6) is 0 Å². The zero-order valence-corrected chi connectivity index (χ0v) is 15.1. The van der Waals surface area contributed by atoms with Crippen molar-refractivity contribution >= 4 is 17.2 Å². The average Bonchev–Trinajstić information content (AvgIpc) is 3.00. The molecule has 2 aromatic carbocycles. The van der Waals surface area contributed by atoms with Gasteiger partial charge in [0.25, 0.3) is 0 Å². The molecule has 3 aromatic rings. The molecule has 3 heteroatoms. The lowest BCUT2D eigenvalue weighted by Crippen LogP contribution is -2.10. The summed E-state index contributed by atoms with van der Waals surface area (Å²) >= 11 is 0. The molecule has 0 spiro atoms. The molecule has 0 aliphatic heterocycles. The largest absolute Gasteiger partial charge is 0.326 e. The van der Waals surface area contributed by atoms with E-state index in [4.69, 9.17) is 9.98 Å². The summed E-state index contributed by atoms with van der Waals surface area (Å²) in [4.78, 5) is 9.73. The topological polar surface area (TPSA) is 30.2 Å². The second-order valence-corrected chi connectivity index (χ2v) is 7.09. The first kappa shape index (κ1) is 16.1. The van der Waals surface area contributed by atoms with Crippen LogP contribution < -0.4 is 0 Å². The molecule has 25 heavy (non-hydrogen) atoms. The van der Waals surface area contributed by atoms with Gasteiger partial charge in [-0.05, 0) is 30.9 Å². The predicted molar refractivity (Wildman–Crippen MR) is 105 cm³/mol. The third-order valence-corrected chi connectivity index (χ3v) is 5.32. The van der Waals surface area contributed by atoms with Crippen LogP contribution in [-0.2, 0) is 7.05 Å². The Morgan fingerprint density at radius 2 is 1.80 bits per heavy atom. The van der Waals surface area contributed by atoms with E-state index in [0.717, 1.165) is 11.3 Å². The van der Waals surface area contributed by atoms with Gasteiger partial charge in [0.15, 0.2) is 5.82 Å². The molecule has 1 fully saturated rings. The van der Waals surface area contributed by atoms with Gasteiger partial charge < -0.3 is 4.57 Å². The van der Waals surface area contributed by atoms with Gasteiger partial charge in [-0.2, -0.15) is 0 Å². The van der Waals surface area contributed by atoms with Crippen LogP contribution in [-0.4, -0.2) is 21.8 Å². The molecule has 1 saturated carbocycles. The maximum atomic E-state index is 4.90. The van der Waals surface area contributed by atoms with Crippen LogP contribution >= 0.6 is 0 Å². The van der Waals surface area contributed by atoms with Gasteiger partial charge in [-0.3, -0.25) is 4.99 Å². The fourth-order valence-electron chi connectivity index (χ4n) is 3.83. The second kappa shape index (κ2) is 6.83. The zero-order valence-electron chi connectivity index (χ0n) is 15.1. The molecular formula is C22H25N3. The van der Waals surface area contributed by atoms with Crippen LogP contribution in [0.4, 0.5) is 0 Å². The number of benzene rings is 2. The third-order valence-electron chi connectivity index (χ3n) is 5.32. The summed E-state index contributed by atoms with van der Waals surface area (Å²) in [6.07, 6.45) is 8.40. The lowest BCUT2D eigenvalue weighted by molar-refractivity contribution is 0.444. The Morgan fingerprint density at radius 3 is 2.56 bits per heavy atom. The molecule has 0 amide bonds. The highest BCUT2D eigenvalue weighted by molar-refractivity contribution is 5.97. The van der Waals surface area contributed by atoms with Gasteiger partial charge >= 0.3 is 0 Å². The van der Waals surface area contributed by atoms with Gasteiger partial charge in [0, 0.05) is 12.6 Å². The van der Waals surface area contributed by atoms with Gasteiger partial charge in [-0.1, -0.05) is 61.7 Å². The molecule has 0 saturated heterocycles. The Labute approximate surface area is 149 Å². The number of nitrogens with zero attached hydrogens (tertiary/aromatic N) is 3. The number of fused-ring (bicyclic) bond motifs is 1. The number of aryl methyl sites for hydroxylation is 2. The van der Waals surface area contributed by atoms with E-state index >= 15 is 0 Å². The number of aromatic nitrogens is 2. The van der Waals surface area contributed by atoms with E-state index in [9.17, 15) is 0 Å².